The summed E-state index contributed by atoms with van der Waals surface area (Å²) in [4.78, 5) is 28.9. The van der Waals surface area contributed by atoms with Crippen molar-refractivity contribution in [2.75, 3.05) is 12.0 Å². The van der Waals surface area contributed by atoms with Crippen LogP contribution >= 0.6 is 0 Å². The molecule has 1 saturated heterocycles. The number of hydrogen-bond acceptors (Lipinski definition) is 6. The van der Waals surface area contributed by atoms with Crippen molar-refractivity contribution in [1.82, 2.24) is 0 Å². The summed E-state index contributed by atoms with van der Waals surface area (Å²) in [5.74, 6) is -1.14. The highest BCUT2D eigenvalue weighted by molar-refractivity contribution is 5.99. The fourth-order valence-electron chi connectivity index (χ4n) is 4.76. The largest absolute Gasteiger partial charge is 0.469 e. The van der Waals surface area contributed by atoms with Gasteiger partial charge in [0, 0.05) is 11.1 Å². The molecule has 4 atom stereocenters. The van der Waals surface area contributed by atoms with Gasteiger partial charge < -0.3 is 14.1 Å². The number of Topliss-reactive ketones (excluding diaryl/α,β-unsaturated/α-hetero) is 1. The van der Waals surface area contributed by atoms with Crippen molar-refractivity contribution in [2.24, 2.45) is 10.8 Å². The van der Waals surface area contributed by atoms with E-state index in [0.717, 1.165) is 11.3 Å². The van der Waals surface area contributed by atoms with E-state index in [2.05, 4.69) is 6.07 Å². The smallest absolute Gasteiger partial charge is 0.329 e. The molecule has 0 amide bonds. The summed E-state index contributed by atoms with van der Waals surface area (Å²) in [6, 6.07) is 11.9. The second-order valence-corrected chi connectivity index (χ2v) is 8.79. The second kappa shape index (κ2) is 6.88. The molecule has 4 rings (SSSR count). The zero-order chi connectivity index (χ0) is 21.7. The zero-order valence-electron chi connectivity index (χ0n) is 17.5. The minimum absolute atomic E-state index is 0.0694. The standard InChI is InChI=1S/C24H24N2O4/c1-23(2,3)21(27)20-19(17-10-7-13-30-17)24(14-25,22(28)29-4)18-12-11-15-8-5-6-9-16(15)26(18)20/h5-13,18-20H,1-4H3/t18-,19+,20-,24+/m0/s1. The van der Waals surface area contributed by atoms with Crippen LogP contribution in [0.2, 0.25) is 0 Å². The molecule has 6 heteroatoms. The lowest BCUT2D eigenvalue weighted by atomic mass is 9.68. The highest BCUT2D eigenvalue weighted by Crippen LogP contribution is 2.56. The molecule has 1 aromatic carbocycles. The topological polar surface area (TPSA) is 83.5 Å². The fraction of sp³-hybridized carbons (Fsp3) is 0.375. The number of benzene rings is 1. The number of ketones is 1. The van der Waals surface area contributed by atoms with Crippen LogP contribution in [0.5, 0.6) is 0 Å². The molecule has 0 bridgehead atoms. The molecule has 3 heterocycles. The first-order valence-corrected chi connectivity index (χ1v) is 9.90. The summed E-state index contributed by atoms with van der Waals surface area (Å²) < 4.78 is 10.8. The molecule has 0 radical (unpaired) electrons. The average Bonchev–Trinajstić information content (AvgIpc) is 3.36. The first-order valence-electron chi connectivity index (χ1n) is 9.90. The van der Waals surface area contributed by atoms with E-state index in [4.69, 9.17) is 9.15 Å². The van der Waals surface area contributed by atoms with Gasteiger partial charge in [0.25, 0.3) is 0 Å². The Morgan fingerprint density at radius 1 is 1.20 bits per heavy atom. The lowest BCUT2D eigenvalue weighted by molar-refractivity contribution is -0.150. The average molecular weight is 404 g/mol. The van der Waals surface area contributed by atoms with Gasteiger partial charge in [0.05, 0.1) is 31.4 Å². The molecule has 2 aliphatic rings. The van der Waals surface area contributed by atoms with Crippen LogP contribution in [0, 0.1) is 22.2 Å². The molecule has 154 valence electrons. The first kappa shape index (κ1) is 20.0. The van der Waals surface area contributed by atoms with Gasteiger partial charge in [-0.15, -0.1) is 0 Å². The number of hydrogen-bond donors (Lipinski definition) is 0. The summed E-state index contributed by atoms with van der Waals surface area (Å²) >= 11 is 0. The number of anilines is 1. The van der Waals surface area contributed by atoms with E-state index >= 15 is 0 Å². The van der Waals surface area contributed by atoms with Crippen molar-refractivity contribution in [3.63, 3.8) is 0 Å². The minimum Gasteiger partial charge on any atom is -0.469 e. The lowest BCUT2D eigenvalue weighted by Gasteiger charge is -2.37. The molecule has 1 fully saturated rings. The van der Waals surface area contributed by atoms with Gasteiger partial charge in [0.2, 0.25) is 0 Å². The molecule has 2 aromatic rings. The van der Waals surface area contributed by atoms with Crippen LogP contribution in [-0.2, 0) is 14.3 Å². The summed E-state index contributed by atoms with van der Waals surface area (Å²) in [6.07, 6.45) is 5.22. The van der Waals surface area contributed by atoms with Gasteiger partial charge in [-0.1, -0.05) is 51.1 Å². The third-order valence-corrected chi connectivity index (χ3v) is 6.11. The third kappa shape index (κ3) is 2.62. The number of fused-ring (bicyclic) bond motifs is 3. The SMILES string of the molecule is COC(=O)[C@@]1(C#N)[C@H](c2ccco2)[C@@H](C(=O)C(C)(C)C)N2c3ccccc3C=C[C@H]21. The van der Waals surface area contributed by atoms with Gasteiger partial charge in [0.1, 0.15) is 11.8 Å². The van der Waals surface area contributed by atoms with E-state index < -0.39 is 34.8 Å². The van der Waals surface area contributed by atoms with E-state index in [1.165, 1.54) is 13.4 Å². The maximum Gasteiger partial charge on any atom is 0.329 e. The zero-order valence-corrected chi connectivity index (χ0v) is 17.5. The van der Waals surface area contributed by atoms with Crippen molar-refractivity contribution in [2.45, 2.75) is 38.8 Å². The number of rotatable bonds is 3. The molecule has 0 spiro atoms. The van der Waals surface area contributed by atoms with Crippen LogP contribution in [0.3, 0.4) is 0 Å². The Bertz CT molecular complexity index is 1060. The number of methoxy groups -OCH3 is 1. The van der Waals surface area contributed by atoms with Gasteiger partial charge >= 0.3 is 5.97 Å². The maximum absolute atomic E-state index is 13.8. The van der Waals surface area contributed by atoms with E-state index in [1.807, 2.05) is 62.1 Å². The van der Waals surface area contributed by atoms with Gasteiger partial charge in [0.15, 0.2) is 11.2 Å². The molecule has 0 N–H and O–H groups in total. The van der Waals surface area contributed by atoms with Crippen LogP contribution < -0.4 is 4.90 Å². The Kier molecular flexibility index (Phi) is 4.58. The third-order valence-electron chi connectivity index (χ3n) is 6.11. The molecular formula is C24H24N2O4. The summed E-state index contributed by atoms with van der Waals surface area (Å²) in [5.41, 5.74) is -0.595. The molecule has 0 aliphatic carbocycles. The Labute approximate surface area is 175 Å². The van der Waals surface area contributed by atoms with Crippen molar-refractivity contribution in [3.05, 3.63) is 60.1 Å². The number of esters is 1. The number of para-hydroxylation sites is 1. The van der Waals surface area contributed by atoms with Crippen molar-refractivity contribution in [3.8, 4) is 6.07 Å². The molecular weight excluding hydrogens is 380 g/mol. The van der Waals surface area contributed by atoms with Crippen LogP contribution in [-0.4, -0.2) is 30.9 Å². The number of carbonyl (C=O) groups excluding carboxylic acids is 2. The highest BCUT2D eigenvalue weighted by atomic mass is 16.5. The fourth-order valence-corrected chi connectivity index (χ4v) is 4.76. The minimum atomic E-state index is -1.64. The Morgan fingerprint density at radius 2 is 1.93 bits per heavy atom. The van der Waals surface area contributed by atoms with Crippen LogP contribution in [0.25, 0.3) is 6.08 Å². The molecule has 0 unspecified atom stereocenters. The second-order valence-electron chi connectivity index (χ2n) is 8.79. The summed E-state index contributed by atoms with van der Waals surface area (Å²) in [6.45, 7) is 5.54. The van der Waals surface area contributed by atoms with Crippen LogP contribution in [0.4, 0.5) is 5.69 Å². The predicted octanol–water partition coefficient (Wildman–Crippen LogP) is 3.95. The molecule has 30 heavy (non-hydrogen) atoms. The van der Waals surface area contributed by atoms with Gasteiger partial charge in [-0.05, 0) is 23.8 Å². The number of nitriles is 1. The van der Waals surface area contributed by atoms with Crippen LogP contribution in [0.1, 0.15) is 38.0 Å². The monoisotopic (exact) mass is 404 g/mol. The van der Waals surface area contributed by atoms with Crippen molar-refractivity contribution in [1.29, 1.82) is 5.26 Å². The van der Waals surface area contributed by atoms with E-state index in [1.54, 1.807) is 12.1 Å². The molecule has 0 saturated carbocycles. The summed E-state index contributed by atoms with van der Waals surface area (Å²) in [5, 5.41) is 10.4. The Morgan fingerprint density at radius 3 is 2.53 bits per heavy atom. The first-order chi connectivity index (χ1) is 14.3. The quantitative estimate of drug-likeness (QED) is 0.721. The molecule has 6 nitrogen and oxygen atoms in total. The van der Waals surface area contributed by atoms with Gasteiger partial charge in [-0.3, -0.25) is 9.59 Å². The van der Waals surface area contributed by atoms with Crippen molar-refractivity contribution >= 4 is 23.5 Å². The van der Waals surface area contributed by atoms with Crippen LogP contribution in [0.15, 0.2) is 53.2 Å². The normalized spacial score (nSPS) is 27.2. The predicted molar refractivity (Wildman–Crippen MR) is 112 cm³/mol. The van der Waals surface area contributed by atoms with Gasteiger partial charge in [-0.2, -0.15) is 5.26 Å². The number of furan rings is 1. The molecule has 2 aliphatic heterocycles. The lowest BCUT2D eigenvalue weighted by Crippen LogP contribution is -2.48. The highest BCUT2D eigenvalue weighted by Gasteiger charge is 2.68. The summed E-state index contributed by atoms with van der Waals surface area (Å²) in [7, 11) is 1.27. The van der Waals surface area contributed by atoms with E-state index in [0.29, 0.717) is 5.76 Å². The Hall–Kier alpha value is -3.33. The molecule has 1 aromatic heterocycles. The number of carbonyl (C=O) groups is 2. The van der Waals surface area contributed by atoms with Crippen molar-refractivity contribution < 1.29 is 18.7 Å². The Balaban J connectivity index is 2.05. The number of nitrogens with zero attached hydrogens (tertiary/aromatic N) is 2. The number of ether oxygens (including phenoxy) is 1. The van der Waals surface area contributed by atoms with E-state index in [-0.39, 0.29) is 5.78 Å². The van der Waals surface area contributed by atoms with Gasteiger partial charge in [-0.25, -0.2) is 0 Å². The maximum atomic E-state index is 13.8. The van der Waals surface area contributed by atoms with E-state index in [9.17, 15) is 14.9 Å².